The molecule has 2 aliphatic heterocycles. The van der Waals surface area contributed by atoms with Gasteiger partial charge in [0.25, 0.3) is 0 Å². The molecule has 0 spiro atoms. The smallest absolute Gasteiger partial charge is 0.224 e. The standard InChI is InChI=1S/C30H22OS5/c1-17-18(2)33-29(32-17)25-21-13-7-9-15-23(21)26(24-16-10-8-14-22(24)25)30-34-19(3)28(36-30)35-27(31)20-11-5-4-6-12-20/h4-16H,1-3H3. The first-order valence-electron chi connectivity index (χ1n) is 11.6. The number of thioether (sulfide) groups is 5. The summed E-state index contributed by atoms with van der Waals surface area (Å²) in [6.07, 6.45) is 0. The number of rotatable bonds is 2. The van der Waals surface area contributed by atoms with E-state index in [0.717, 1.165) is 9.80 Å². The normalized spacial score (nSPS) is 16.2. The van der Waals surface area contributed by atoms with E-state index in [0.29, 0.717) is 0 Å². The fraction of sp³-hybridized carbons (Fsp3) is 0.100. The van der Waals surface area contributed by atoms with Crippen molar-refractivity contribution >= 4 is 93.9 Å². The molecule has 178 valence electrons. The van der Waals surface area contributed by atoms with Gasteiger partial charge < -0.3 is 0 Å². The molecule has 0 radical (unpaired) electrons. The number of allylic oxidation sites excluding steroid dienone is 3. The molecule has 1 nitrogen and oxygen atoms in total. The summed E-state index contributed by atoms with van der Waals surface area (Å²) in [6, 6.07) is 27.1. The lowest BCUT2D eigenvalue weighted by atomic mass is 9.99. The van der Waals surface area contributed by atoms with Crippen LogP contribution in [0.25, 0.3) is 30.0 Å². The molecule has 2 aliphatic rings. The minimum absolute atomic E-state index is 0.0919. The molecule has 0 saturated heterocycles. The van der Waals surface area contributed by atoms with Crippen LogP contribution in [0.4, 0.5) is 0 Å². The van der Waals surface area contributed by atoms with E-state index in [-0.39, 0.29) is 5.12 Å². The van der Waals surface area contributed by atoms with Crippen molar-refractivity contribution in [2.45, 2.75) is 20.8 Å². The van der Waals surface area contributed by atoms with Gasteiger partial charge in [-0.25, -0.2) is 0 Å². The van der Waals surface area contributed by atoms with Crippen LogP contribution in [0.5, 0.6) is 0 Å². The molecule has 2 heterocycles. The van der Waals surface area contributed by atoms with Crippen LogP contribution in [0.3, 0.4) is 0 Å². The zero-order valence-electron chi connectivity index (χ0n) is 20.0. The number of fused-ring (bicyclic) bond motifs is 2. The van der Waals surface area contributed by atoms with Gasteiger partial charge in [-0.1, -0.05) is 126 Å². The highest BCUT2D eigenvalue weighted by molar-refractivity contribution is 8.43. The third-order valence-electron chi connectivity index (χ3n) is 6.24. The van der Waals surface area contributed by atoms with E-state index in [1.807, 2.05) is 53.9 Å². The Morgan fingerprint density at radius 3 is 1.47 bits per heavy atom. The molecule has 0 amide bonds. The van der Waals surface area contributed by atoms with Gasteiger partial charge in [-0.05, 0) is 63.9 Å². The zero-order valence-corrected chi connectivity index (χ0v) is 24.0. The van der Waals surface area contributed by atoms with Crippen molar-refractivity contribution in [2.75, 3.05) is 0 Å². The van der Waals surface area contributed by atoms with Gasteiger partial charge in [0.05, 0.1) is 12.7 Å². The van der Waals surface area contributed by atoms with Crippen LogP contribution in [0.15, 0.2) is 97.8 Å². The number of hydrogen-bond acceptors (Lipinski definition) is 6. The average Bonchev–Trinajstić information content (AvgIpc) is 3.43. The highest BCUT2D eigenvalue weighted by atomic mass is 32.2. The van der Waals surface area contributed by atoms with Gasteiger partial charge in [0.15, 0.2) is 0 Å². The summed E-state index contributed by atoms with van der Waals surface area (Å²) in [4.78, 5) is 16.9. The van der Waals surface area contributed by atoms with Gasteiger partial charge >= 0.3 is 0 Å². The van der Waals surface area contributed by atoms with Gasteiger partial charge in [-0.3, -0.25) is 4.79 Å². The maximum atomic E-state index is 12.9. The van der Waals surface area contributed by atoms with E-state index in [2.05, 4.69) is 69.3 Å². The zero-order chi connectivity index (χ0) is 24.8. The lowest BCUT2D eigenvalue weighted by molar-refractivity contribution is 0.108. The molecule has 0 aliphatic carbocycles. The molecule has 0 fully saturated rings. The fourth-order valence-corrected chi connectivity index (χ4v) is 11.0. The molecule has 6 rings (SSSR count). The van der Waals surface area contributed by atoms with Gasteiger partial charge in [-0.15, -0.1) is 0 Å². The molecule has 0 saturated carbocycles. The third-order valence-corrected chi connectivity index (χ3v) is 12.8. The molecule has 6 heteroatoms. The van der Waals surface area contributed by atoms with E-state index >= 15 is 0 Å². The van der Waals surface area contributed by atoms with Crippen LogP contribution >= 0.6 is 58.8 Å². The third kappa shape index (κ3) is 4.37. The molecule has 0 unspecified atom stereocenters. The summed E-state index contributed by atoms with van der Waals surface area (Å²) in [5, 5.41) is 7.82. The number of carbonyl (C=O) groups excluding carboxylic acids is 1. The molecule has 0 atom stereocenters. The second-order valence-electron chi connectivity index (χ2n) is 8.54. The lowest BCUT2D eigenvalue weighted by Gasteiger charge is -2.11. The second kappa shape index (κ2) is 10.1. The van der Waals surface area contributed by atoms with Gasteiger partial charge in [0.2, 0.25) is 5.12 Å². The van der Waals surface area contributed by atoms with Crippen molar-refractivity contribution in [1.82, 2.24) is 0 Å². The topological polar surface area (TPSA) is 17.1 Å². The van der Waals surface area contributed by atoms with E-state index in [1.165, 1.54) is 66.9 Å². The Balaban J connectivity index is 1.55. The van der Waals surface area contributed by atoms with E-state index in [4.69, 9.17) is 0 Å². The molecule has 36 heavy (non-hydrogen) atoms. The molecule has 4 aromatic carbocycles. The second-order valence-corrected chi connectivity index (χ2v) is 15.0. The SMILES string of the molecule is CC1=C(C)SC(=c2c3ccccc3c(=C3SC(C)=C(SC(=O)c4ccccc4)S3)c3ccccc23)S1. The van der Waals surface area contributed by atoms with Crippen molar-refractivity contribution in [3.05, 3.63) is 114 Å². The first-order valence-corrected chi connectivity index (χ1v) is 15.6. The summed E-state index contributed by atoms with van der Waals surface area (Å²) in [5.74, 6) is 0. The van der Waals surface area contributed by atoms with Gasteiger partial charge in [-0.2, -0.15) is 0 Å². The minimum atomic E-state index is 0.0919. The molecular formula is C30H22OS5. The van der Waals surface area contributed by atoms with Gasteiger partial charge in [0.1, 0.15) is 0 Å². The number of hydrogen-bond donors (Lipinski definition) is 0. The fourth-order valence-electron chi connectivity index (χ4n) is 4.38. The number of benzene rings is 4. The molecule has 0 aromatic heterocycles. The Bertz CT molecular complexity index is 1670. The Hall–Kier alpha value is -1.96. The van der Waals surface area contributed by atoms with E-state index in [9.17, 15) is 4.79 Å². The Labute approximate surface area is 232 Å². The van der Waals surface area contributed by atoms with E-state index < -0.39 is 0 Å². The summed E-state index contributed by atoms with van der Waals surface area (Å²) in [5.41, 5.74) is 0.741. The van der Waals surface area contributed by atoms with Crippen LogP contribution in [0.1, 0.15) is 31.1 Å². The predicted molar refractivity (Wildman–Crippen MR) is 167 cm³/mol. The van der Waals surface area contributed by atoms with Crippen molar-refractivity contribution in [3.63, 3.8) is 0 Å². The van der Waals surface area contributed by atoms with Crippen LogP contribution in [-0.2, 0) is 0 Å². The lowest BCUT2D eigenvalue weighted by Crippen LogP contribution is -2.16. The van der Waals surface area contributed by atoms with Crippen molar-refractivity contribution in [1.29, 1.82) is 0 Å². The highest BCUT2D eigenvalue weighted by Crippen LogP contribution is 2.55. The predicted octanol–water partition coefficient (Wildman–Crippen LogP) is 9.10. The molecule has 0 bridgehead atoms. The minimum Gasteiger partial charge on any atom is -0.281 e. The molecular weight excluding hydrogens is 537 g/mol. The van der Waals surface area contributed by atoms with Crippen molar-refractivity contribution in [3.8, 4) is 0 Å². The van der Waals surface area contributed by atoms with Gasteiger partial charge in [0, 0.05) is 20.9 Å². The Morgan fingerprint density at radius 1 is 0.556 bits per heavy atom. The first kappa shape index (κ1) is 24.4. The van der Waals surface area contributed by atoms with Crippen LogP contribution in [0.2, 0.25) is 0 Å². The van der Waals surface area contributed by atoms with Crippen LogP contribution in [0, 0.1) is 0 Å². The summed E-state index contributed by atoms with van der Waals surface area (Å²) < 4.78 is 3.68. The van der Waals surface area contributed by atoms with E-state index in [1.54, 1.807) is 23.5 Å². The van der Waals surface area contributed by atoms with Crippen molar-refractivity contribution in [2.24, 2.45) is 0 Å². The summed E-state index contributed by atoms with van der Waals surface area (Å²) in [6.45, 7) is 6.55. The van der Waals surface area contributed by atoms with Crippen LogP contribution < -0.4 is 10.4 Å². The number of carbonyl (C=O) groups is 1. The monoisotopic (exact) mass is 558 g/mol. The molecule has 4 aromatic rings. The maximum Gasteiger partial charge on any atom is 0.224 e. The highest BCUT2D eigenvalue weighted by Gasteiger charge is 2.24. The summed E-state index contributed by atoms with van der Waals surface area (Å²) >= 11 is 8.67. The average molecular weight is 559 g/mol. The Kier molecular flexibility index (Phi) is 6.82. The first-order chi connectivity index (χ1) is 17.5. The molecule has 0 N–H and O–H groups in total. The Morgan fingerprint density at radius 2 is 0.972 bits per heavy atom. The van der Waals surface area contributed by atoms with Crippen molar-refractivity contribution < 1.29 is 4.79 Å². The maximum absolute atomic E-state index is 12.9. The summed E-state index contributed by atoms with van der Waals surface area (Å²) in [7, 11) is 0. The van der Waals surface area contributed by atoms with Crippen LogP contribution in [-0.4, -0.2) is 5.12 Å². The largest absolute Gasteiger partial charge is 0.281 e. The quantitative estimate of drug-likeness (QED) is 0.227.